The molecule has 0 amide bonds. The number of hydrogen-bond donors (Lipinski definition) is 0. The van der Waals surface area contributed by atoms with Gasteiger partial charge in [-0.25, -0.2) is 0 Å². The predicted octanol–water partition coefficient (Wildman–Crippen LogP) is 21.6. The number of allylic oxidation sites excluding steroid dienone is 3. The van der Waals surface area contributed by atoms with Crippen LogP contribution in [0.2, 0.25) is 0 Å². The number of benzene rings is 3. The minimum atomic E-state index is -2.91. The Morgan fingerprint density at radius 1 is 0.610 bits per heavy atom. The van der Waals surface area contributed by atoms with Crippen LogP contribution in [0.3, 0.4) is 0 Å². The first-order valence-electron chi connectivity index (χ1n) is 27.4. The Bertz CT molecular complexity index is 2000. The summed E-state index contributed by atoms with van der Waals surface area (Å²) in [6.45, 7) is 34.7. The van der Waals surface area contributed by atoms with Crippen LogP contribution >= 0.6 is 27.3 Å². The van der Waals surface area contributed by atoms with Gasteiger partial charge in [-0.2, -0.15) is 33.0 Å². The number of anilines is 2. The number of hydrogen-bond acceptors (Lipinski definition) is 4. The molecule has 0 spiro atoms. The Hall–Kier alpha value is -3.36. The van der Waals surface area contributed by atoms with Crippen molar-refractivity contribution in [2.75, 3.05) is 36.1 Å². The first-order valence-corrected chi connectivity index (χ1v) is 34.6. The molecule has 0 atom stereocenters. The second-order valence-electron chi connectivity index (χ2n) is 19.3. The summed E-state index contributed by atoms with van der Waals surface area (Å²) >= 11 is -1.61. The maximum absolute atomic E-state index is 10.6. The van der Waals surface area contributed by atoms with Gasteiger partial charge in [0.1, 0.15) is 0 Å². The SMILES string of the molecule is C/C=C/OCC.C1CCC([PH+](C2CCCCC2)C2CCCCC2)CC1.C=CC.C=COCC.CC=C(F)F.Cc1cc(C)c(N2[CH-]N(c3c(C)cc(C)cc3C)CC2)c(C)c1.FC(F)=C(F)F.[Cl][Ru]([Cl])=[CH]c1ccccc1. The molecular formula is C63H95Cl2F6N2O2PRu. The molecular weight excluding hydrogens is 1130 g/mol. The van der Waals surface area contributed by atoms with E-state index >= 15 is 0 Å². The van der Waals surface area contributed by atoms with Gasteiger partial charge in [-0.15, -0.1) is 6.58 Å². The van der Waals surface area contributed by atoms with E-state index in [-0.39, 0.29) is 7.92 Å². The minimum absolute atomic E-state index is 0.0465. The van der Waals surface area contributed by atoms with Crippen molar-refractivity contribution in [2.24, 2.45) is 0 Å². The van der Waals surface area contributed by atoms with E-state index in [9.17, 15) is 26.3 Å². The maximum atomic E-state index is 10.6. The van der Waals surface area contributed by atoms with Crippen molar-refractivity contribution in [3.8, 4) is 0 Å². The van der Waals surface area contributed by atoms with Gasteiger partial charge in [-0.05, 0) is 182 Å². The molecule has 438 valence electrons. The van der Waals surface area contributed by atoms with Crippen molar-refractivity contribution in [2.45, 2.75) is 189 Å². The Morgan fingerprint density at radius 3 is 1.18 bits per heavy atom. The second-order valence-corrected chi connectivity index (χ2v) is 28.4. The molecule has 4 aliphatic rings. The molecule has 1 aliphatic heterocycles. The van der Waals surface area contributed by atoms with Gasteiger partial charge >= 0.3 is 85.6 Å². The van der Waals surface area contributed by atoms with E-state index in [1.165, 1.54) is 74.9 Å². The summed E-state index contributed by atoms with van der Waals surface area (Å²) < 4.78 is 73.7. The van der Waals surface area contributed by atoms with Gasteiger partial charge in [0.25, 0.3) is 6.08 Å². The first kappa shape index (κ1) is 73.6. The van der Waals surface area contributed by atoms with Crippen molar-refractivity contribution in [3.05, 3.63) is 162 Å². The second kappa shape index (κ2) is 45.4. The Morgan fingerprint density at radius 2 is 0.948 bits per heavy atom. The molecule has 3 aromatic rings. The number of ether oxygens (including phenoxy) is 2. The molecule has 0 radical (unpaired) electrons. The third-order valence-electron chi connectivity index (χ3n) is 13.0. The molecule has 1 saturated heterocycles. The van der Waals surface area contributed by atoms with Crippen molar-refractivity contribution in [3.63, 3.8) is 0 Å². The van der Waals surface area contributed by atoms with Crippen LogP contribution in [0.25, 0.3) is 0 Å². The Balaban J connectivity index is 0.000000952. The Labute approximate surface area is 477 Å². The van der Waals surface area contributed by atoms with E-state index in [0.29, 0.717) is 0 Å². The molecule has 3 saturated carbocycles. The van der Waals surface area contributed by atoms with Crippen molar-refractivity contribution < 1.29 is 49.3 Å². The van der Waals surface area contributed by atoms with Crippen LogP contribution in [0.15, 0.2) is 117 Å². The quantitative estimate of drug-likeness (QED) is 0.0504. The van der Waals surface area contributed by atoms with Gasteiger partial charge in [0.05, 0.1) is 42.7 Å². The molecule has 0 N–H and O–H groups in total. The zero-order valence-electron chi connectivity index (χ0n) is 48.4. The third-order valence-corrected chi connectivity index (χ3v) is 19.4. The average Bonchev–Trinajstić information content (AvgIpc) is 3.86. The normalized spacial score (nSPS) is 15.4. The summed E-state index contributed by atoms with van der Waals surface area (Å²) in [6.07, 6.45) is 23.8. The number of aryl methyl sites for hydroxylation is 6. The number of rotatable bonds is 10. The van der Waals surface area contributed by atoms with Crippen LogP contribution in [0.4, 0.5) is 37.7 Å². The summed E-state index contributed by atoms with van der Waals surface area (Å²) in [7, 11) is 11.3. The van der Waals surface area contributed by atoms with Crippen LogP contribution < -0.4 is 9.80 Å². The predicted molar refractivity (Wildman–Crippen MR) is 324 cm³/mol. The van der Waals surface area contributed by atoms with Crippen LogP contribution in [-0.2, 0) is 23.0 Å². The van der Waals surface area contributed by atoms with Crippen molar-refractivity contribution in [1.82, 2.24) is 0 Å². The Kier molecular flexibility index (Phi) is 43.4. The molecule has 14 heteroatoms. The van der Waals surface area contributed by atoms with Gasteiger partial charge in [-0.3, -0.25) is 0 Å². The summed E-state index contributed by atoms with van der Waals surface area (Å²) in [5, 5.41) is 0. The zero-order chi connectivity index (χ0) is 58.1. The van der Waals surface area contributed by atoms with Crippen molar-refractivity contribution in [1.29, 1.82) is 0 Å². The van der Waals surface area contributed by atoms with E-state index in [2.05, 4.69) is 100 Å². The topological polar surface area (TPSA) is 24.9 Å². The van der Waals surface area contributed by atoms with E-state index < -0.39 is 31.8 Å². The molecule has 3 aliphatic carbocycles. The van der Waals surface area contributed by atoms with Crippen LogP contribution in [0.5, 0.6) is 0 Å². The van der Waals surface area contributed by atoms with E-state index in [1.54, 1.807) is 109 Å². The van der Waals surface area contributed by atoms with E-state index in [4.69, 9.17) is 24.1 Å². The van der Waals surface area contributed by atoms with Crippen LogP contribution in [0, 0.1) is 48.2 Å². The monoisotopic (exact) mass is 1230 g/mol. The van der Waals surface area contributed by atoms with Crippen LogP contribution in [-0.4, -0.2) is 47.9 Å². The third kappa shape index (κ3) is 33.1. The van der Waals surface area contributed by atoms with Gasteiger partial charge in [0.15, 0.2) is 0 Å². The van der Waals surface area contributed by atoms with Crippen molar-refractivity contribution >= 4 is 43.3 Å². The standard InChI is InChI=1S/C21H27N2.C18H33P.C7H6.C5H10O.C4H8O.C3H4F2.C3H6.C2F4.2ClH.Ru/c1-14-9-16(3)20(17(4)10-14)22-7-8-23(13-22)21-18(5)11-15(2)12-19(21)6;1-4-10-16(11-5-1)19(17-12-6-2-7-13-17)18-14-8-3-9-15-18;1-7-5-3-2-4-6-7;1-3-5-6-4-2;1-3-5-4-2;1-2-3(4)5;1-3-2;3-1(4)2(5)6;;;/h9-13H,7-8H2,1-6H3;16-18H,1-15H2;1-6H;3,5H,4H2,1-2H3;3H,1,4H2,2H3;2H,1H3;3H,1H2,2H3;;2*1H;/q-1;;;;;;;;;;+2/p-1/b;;;5-3+;;;;;;;. The fourth-order valence-electron chi connectivity index (χ4n) is 10.3. The zero-order valence-corrected chi connectivity index (χ0v) is 52.7. The average molecular weight is 1230 g/mol. The van der Waals surface area contributed by atoms with Crippen LogP contribution in [0.1, 0.15) is 170 Å². The summed E-state index contributed by atoms with van der Waals surface area (Å²) in [5.41, 5.74) is 15.6. The summed E-state index contributed by atoms with van der Waals surface area (Å²) in [4.78, 5) is 4.81. The fourth-order valence-corrected chi connectivity index (χ4v) is 17.4. The molecule has 3 aromatic carbocycles. The van der Waals surface area contributed by atoms with Gasteiger partial charge in [0.2, 0.25) is 0 Å². The van der Waals surface area contributed by atoms with E-state index in [1.807, 2.05) is 68.7 Å². The molecule has 1 heterocycles. The summed E-state index contributed by atoms with van der Waals surface area (Å²) in [5.74, 6) is 0. The molecule has 4 nitrogen and oxygen atoms in total. The molecule has 7 rings (SSSR count). The first-order chi connectivity index (χ1) is 36.8. The molecule has 0 unspecified atom stereocenters. The van der Waals surface area contributed by atoms with Gasteiger partial charge < -0.3 is 19.3 Å². The molecule has 0 bridgehead atoms. The molecule has 0 aromatic heterocycles. The number of nitrogens with zero attached hydrogens (tertiary/aromatic N) is 2. The fraction of sp³-hybridized carbons (Fsp3) is 0.524. The number of halogens is 8. The van der Waals surface area contributed by atoms with Gasteiger partial charge in [-0.1, -0.05) is 73.4 Å². The van der Waals surface area contributed by atoms with Gasteiger partial charge in [0, 0.05) is 32.4 Å². The summed E-state index contributed by atoms with van der Waals surface area (Å²) in [6, 6.07) is 19.0. The molecule has 4 fully saturated rings. The van der Waals surface area contributed by atoms with E-state index in [0.717, 1.165) is 37.9 Å². The molecule has 77 heavy (non-hydrogen) atoms.